The number of aromatic nitrogens is 2. The standard InChI is InChI=1S/C23H24Br2N4O/c1-4-5-6-16-7-9-17(10-8-16)15(3)28-29-21-11-14(2)26-23(27-21)19-12-18(24)13-20(25)22(19)30/h7-13,30H,4-6H2,1-3H3,(H,26,27,29). The number of hydrazone groups is 1. The molecule has 1 aromatic heterocycles. The lowest BCUT2D eigenvalue weighted by Gasteiger charge is -2.10. The van der Waals surface area contributed by atoms with Crippen LogP contribution in [-0.2, 0) is 6.42 Å². The van der Waals surface area contributed by atoms with Crippen LogP contribution in [0.5, 0.6) is 5.75 Å². The molecule has 156 valence electrons. The van der Waals surface area contributed by atoms with Gasteiger partial charge >= 0.3 is 0 Å². The van der Waals surface area contributed by atoms with E-state index in [-0.39, 0.29) is 5.75 Å². The van der Waals surface area contributed by atoms with Crippen molar-refractivity contribution in [3.8, 4) is 17.1 Å². The molecule has 0 aliphatic heterocycles. The molecule has 0 aliphatic rings. The van der Waals surface area contributed by atoms with Crippen molar-refractivity contribution in [3.05, 3.63) is 68.2 Å². The van der Waals surface area contributed by atoms with E-state index in [4.69, 9.17) is 0 Å². The molecule has 0 aliphatic carbocycles. The van der Waals surface area contributed by atoms with Crippen molar-refractivity contribution >= 4 is 43.4 Å². The van der Waals surface area contributed by atoms with Gasteiger partial charge in [-0.2, -0.15) is 5.10 Å². The number of nitrogens with zero attached hydrogens (tertiary/aromatic N) is 3. The van der Waals surface area contributed by atoms with E-state index >= 15 is 0 Å². The van der Waals surface area contributed by atoms with Crippen LogP contribution in [0, 0.1) is 6.92 Å². The maximum absolute atomic E-state index is 10.4. The summed E-state index contributed by atoms with van der Waals surface area (Å²) in [5.41, 5.74) is 7.59. The monoisotopic (exact) mass is 530 g/mol. The van der Waals surface area contributed by atoms with Crippen molar-refractivity contribution in [1.29, 1.82) is 0 Å². The van der Waals surface area contributed by atoms with E-state index in [2.05, 4.69) is 83.5 Å². The zero-order valence-electron chi connectivity index (χ0n) is 17.2. The fourth-order valence-electron chi connectivity index (χ4n) is 2.98. The highest BCUT2D eigenvalue weighted by Crippen LogP contribution is 2.37. The summed E-state index contributed by atoms with van der Waals surface area (Å²) in [5, 5.41) is 14.9. The Morgan fingerprint density at radius 3 is 2.53 bits per heavy atom. The van der Waals surface area contributed by atoms with Gasteiger partial charge in [-0.25, -0.2) is 9.97 Å². The van der Waals surface area contributed by atoms with Crippen LogP contribution in [0.25, 0.3) is 11.4 Å². The molecule has 7 heteroatoms. The third-order valence-electron chi connectivity index (χ3n) is 4.65. The Balaban J connectivity index is 1.82. The van der Waals surface area contributed by atoms with E-state index in [1.807, 2.05) is 19.9 Å². The average molecular weight is 532 g/mol. The van der Waals surface area contributed by atoms with Crippen LogP contribution in [0.4, 0.5) is 5.82 Å². The Hall–Kier alpha value is -2.25. The summed E-state index contributed by atoms with van der Waals surface area (Å²) < 4.78 is 1.39. The fraction of sp³-hybridized carbons (Fsp3) is 0.261. The number of nitrogens with one attached hydrogen (secondary N) is 1. The molecule has 30 heavy (non-hydrogen) atoms. The second-order valence-corrected chi connectivity index (χ2v) is 8.88. The number of phenolic OH excluding ortho intramolecular Hbond substituents is 1. The number of phenols is 1. The third kappa shape index (κ3) is 5.67. The van der Waals surface area contributed by atoms with Crippen LogP contribution in [0.3, 0.4) is 0 Å². The molecular formula is C23H24Br2N4O. The topological polar surface area (TPSA) is 70.4 Å². The summed E-state index contributed by atoms with van der Waals surface area (Å²) in [6, 6.07) is 13.9. The Labute approximate surface area is 193 Å². The quantitative estimate of drug-likeness (QED) is 0.258. The molecule has 0 spiro atoms. The number of aromatic hydroxyl groups is 1. The molecule has 3 rings (SSSR count). The Morgan fingerprint density at radius 2 is 1.83 bits per heavy atom. The van der Waals surface area contributed by atoms with Crippen LogP contribution < -0.4 is 5.43 Å². The largest absolute Gasteiger partial charge is 0.506 e. The van der Waals surface area contributed by atoms with Crippen LogP contribution in [-0.4, -0.2) is 20.8 Å². The molecule has 5 nitrogen and oxygen atoms in total. The van der Waals surface area contributed by atoms with E-state index in [1.54, 1.807) is 12.1 Å². The molecule has 0 radical (unpaired) electrons. The first kappa shape index (κ1) is 22.4. The van der Waals surface area contributed by atoms with Crippen LogP contribution in [0.2, 0.25) is 0 Å². The highest BCUT2D eigenvalue weighted by Gasteiger charge is 2.13. The summed E-state index contributed by atoms with van der Waals surface area (Å²) in [6.07, 6.45) is 3.50. The lowest BCUT2D eigenvalue weighted by atomic mass is 10.0. The zero-order valence-corrected chi connectivity index (χ0v) is 20.4. The smallest absolute Gasteiger partial charge is 0.165 e. The number of aryl methyl sites for hydroxylation is 2. The second kappa shape index (κ2) is 10.2. The molecule has 3 aromatic rings. The molecule has 0 saturated heterocycles. The van der Waals surface area contributed by atoms with Gasteiger partial charge in [0.1, 0.15) is 5.75 Å². The maximum Gasteiger partial charge on any atom is 0.165 e. The first-order valence-electron chi connectivity index (χ1n) is 9.81. The van der Waals surface area contributed by atoms with Gasteiger partial charge in [0.15, 0.2) is 11.6 Å². The summed E-state index contributed by atoms with van der Waals surface area (Å²) in [5.74, 6) is 1.08. The molecule has 0 fully saturated rings. The minimum atomic E-state index is 0.0950. The lowest BCUT2D eigenvalue weighted by Crippen LogP contribution is -2.03. The van der Waals surface area contributed by atoms with Gasteiger partial charge in [0, 0.05) is 16.2 Å². The number of unbranched alkanes of at least 4 members (excludes halogenated alkanes) is 1. The van der Waals surface area contributed by atoms with Gasteiger partial charge in [-0.1, -0.05) is 53.5 Å². The molecule has 0 unspecified atom stereocenters. The van der Waals surface area contributed by atoms with Crippen molar-refractivity contribution in [3.63, 3.8) is 0 Å². The Morgan fingerprint density at radius 1 is 1.10 bits per heavy atom. The molecular weight excluding hydrogens is 508 g/mol. The molecule has 0 atom stereocenters. The van der Waals surface area contributed by atoms with Gasteiger partial charge in [0.2, 0.25) is 0 Å². The first-order valence-corrected chi connectivity index (χ1v) is 11.4. The number of hydrogen-bond donors (Lipinski definition) is 2. The molecule has 1 heterocycles. The van der Waals surface area contributed by atoms with Crippen LogP contribution in [0.15, 0.2) is 56.5 Å². The number of hydrogen-bond acceptors (Lipinski definition) is 5. The van der Waals surface area contributed by atoms with Gasteiger partial charge < -0.3 is 5.11 Å². The van der Waals surface area contributed by atoms with Gasteiger partial charge in [-0.05, 0) is 65.9 Å². The first-order chi connectivity index (χ1) is 14.4. The van der Waals surface area contributed by atoms with Gasteiger partial charge in [0.05, 0.1) is 15.7 Å². The van der Waals surface area contributed by atoms with Crippen LogP contribution >= 0.6 is 31.9 Å². The van der Waals surface area contributed by atoms with E-state index in [9.17, 15) is 5.11 Å². The Kier molecular flexibility index (Phi) is 7.61. The van der Waals surface area contributed by atoms with E-state index in [1.165, 1.54) is 18.4 Å². The van der Waals surface area contributed by atoms with E-state index in [0.717, 1.165) is 27.9 Å². The highest BCUT2D eigenvalue weighted by molar-refractivity contribution is 9.11. The van der Waals surface area contributed by atoms with E-state index in [0.29, 0.717) is 21.7 Å². The summed E-state index contributed by atoms with van der Waals surface area (Å²) in [4.78, 5) is 8.99. The minimum Gasteiger partial charge on any atom is -0.506 e. The number of anilines is 1. The van der Waals surface area contributed by atoms with Gasteiger partial charge in [0.25, 0.3) is 0 Å². The zero-order chi connectivity index (χ0) is 21.7. The molecule has 2 N–H and O–H groups in total. The SMILES string of the molecule is CCCCc1ccc(C(C)=NNc2cc(C)nc(-c3cc(Br)cc(Br)c3O)n2)cc1. The maximum atomic E-state index is 10.4. The van der Waals surface area contributed by atoms with Crippen molar-refractivity contribution in [2.75, 3.05) is 5.43 Å². The van der Waals surface area contributed by atoms with E-state index < -0.39 is 0 Å². The van der Waals surface area contributed by atoms with Gasteiger partial charge in [-0.3, -0.25) is 5.43 Å². The second-order valence-electron chi connectivity index (χ2n) is 7.11. The summed E-state index contributed by atoms with van der Waals surface area (Å²) in [6.45, 7) is 6.04. The fourth-order valence-corrected chi connectivity index (χ4v) is 4.21. The van der Waals surface area contributed by atoms with Gasteiger partial charge in [-0.15, -0.1) is 0 Å². The average Bonchev–Trinajstić information content (AvgIpc) is 2.73. The van der Waals surface area contributed by atoms with Crippen molar-refractivity contribution in [2.45, 2.75) is 40.0 Å². The Bertz CT molecular complexity index is 1070. The predicted molar refractivity (Wildman–Crippen MR) is 130 cm³/mol. The predicted octanol–water partition coefficient (Wildman–Crippen LogP) is 6.86. The number of rotatable bonds is 7. The molecule has 0 saturated carbocycles. The number of halogens is 2. The summed E-state index contributed by atoms with van der Waals surface area (Å²) >= 11 is 6.79. The van der Waals surface area contributed by atoms with Crippen molar-refractivity contribution in [1.82, 2.24) is 9.97 Å². The van der Waals surface area contributed by atoms with Crippen molar-refractivity contribution in [2.24, 2.45) is 5.10 Å². The summed E-state index contributed by atoms with van der Waals surface area (Å²) in [7, 11) is 0. The number of benzene rings is 2. The third-order valence-corrected chi connectivity index (χ3v) is 5.71. The normalized spacial score (nSPS) is 11.6. The minimum absolute atomic E-state index is 0.0950. The lowest BCUT2D eigenvalue weighted by molar-refractivity contribution is 0.473. The molecule has 2 aromatic carbocycles. The molecule has 0 bridgehead atoms. The van der Waals surface area contributed by atoms with Crippen molar-refractivity contribution < 1.29 is 5.11 Å². The molecule has 0 amide bonds. The highest BCUT2D eigenvalue weighted by atomic mass is 79.9. The van der Waals surface area contributed by atoms with Crippen LogP contribution in [0.1, 0.15) is 43.5 Å².